The Balaban J connectivity index is 1.46. The van der Waals surface area contributed by atoms with Gasteiger partial charge in [0.2, 0.25) is 11.8 Å². The average Bonchev–Trinajstić information content (AvgIpc) is 3.27. The van der Waals surface area contributed by atoms with Gasteiger partial charge in [0, 0.05) is 16.6 Å². The van der Waals surface area contributed by atoms with Gasteiger partial charge < -0.3 is 5.32 Å². The normalized spacial score (nSPS) is 17.6. The zero-order valence-corrected chi connectivity index (χ0v) is 22.5. The Labute approximate surface area is 224 Å². The quantitative estimate of drug-likeness (QED) is 0.366. The second kappa shape index (κ2) is 10.1. The maximum absolute atomic E-state index is 13.6. The molecule has 1 aliphatic carbocycles. The maximum atomic E-state index is 13.6. The number of benzene rings is 2. The van der Waals surface area contributed by atoms with E-state index < -0.39 is 5.54 Å². The number of hydrogen-bond acceptors (Lipinski definition) is 5. The molecule has 10 heteroatoms. The van der Waals surface area contributed by atoms with E-state index in [4.69, 9.17) is 23.2 Å². The van der Waals surface area contributed by atoms with Crippen LogP contribution in [0.5, 0.6) is 0 Å². The lowest BCUT2D eigenvalue weighted by molar-refractivity contribution is -0.125. The molecule has 36 heavy (non-hydrogen) atoms. The molecule has 1 saturated carbocycles. The molecule has 0 unspecified atom stereocenters. The first kappa shape index (κ1) is 25.1. The third-order valence-electron chi connectivity index (χ3n) is 6.86. The highest BCUT2D eigenvalue weighted by molar-refractivity contribution is 7.99. The highest BCUT2D eigenvalue weighted by Gasteiger charge is 2.43. The topological polar surface area (TPSA) is 80.1 Å². The van der Waals surface area contributed by atoms with E-state index in [0.717, 1.165) is 31.2 Å². The number of halogens is 2. The number of anilines is 2. The monoisotopic (exact) mass is 543 g/mol. The van der Waals surface area contributed by atoms with E-state index in [2.05, 4.69) is 20.1 Å². The summed E-state index contributed by atoms with van der Waals surface area (Å²) in [6.07, 6.45) is 5.51. The van der Waals surface area contributed by atoms with E-state index in [1.54, 1.807) is 36.9 Å². The molecule has 0 saturated heterocycles. The summed E-state index contributed by atoms with van der Waals surface area (Å²) in [4.78, 5) is 28.0. The summed E-state index contributed by atoms with van der Waals surface area (Å²) >= 11 is 14.0. The fraction of sp³-hybridized carbons (Fsp3) is 0.385. The predicted molar refractivity (Wildman–Crippen MR) is 145 cm³/mol. The number of nitrogens with zero attached hydrogens (tertiary/aromatic N) is 4. The number of nitrogens with one attached hydrogen (secondary N) is 1. The number of fused-ring (bicyclic) bond motifs is 1. The van der Waals surface area contributed by atoms with Crippen molar-refractivity contribution in [1.82, 2.24) is 14.8 Å². The van der Waals surface area contributed by atoms with Gasteiger partial charge in [-0.25, -0.2) is 0 Å². The summed E-state index contributed by atoms with van der Waals surface area (Å²) in [5.74, 6) is 0.409. The van der Waals surface area contributed by atoms with Crippen LogP contribution in [0, 0.1) is 0 Å². The molecule has 188 valence electrons. The van der Waals surface area contributed by atoms with Gasteiger partial charge >= 0.3 is 0 Å². The van der Waals surface area contributed by atoms with Crippen LogP contribution in [0.15, 0.2) is 47.6 Å². The molecule has 0 spiro atoms. The second-order valence-corrected chi connectivity index (χ2v) is 11.4. The van der Waals surface area contributed by atoms with Crippen molar-refractivity contribution in [1.29, 1.82) is 0 Å². The van der Waals surface area contributed by atoms with Gasteiger partial charge in [-0.05, 0) is 57.0 Å². The van der Waals surface area contributed by atoms with Crippen LogP contribution in [0.4, 0.5) is 11.4 Å². The minimum atomic E-state index is -1.02. The van der Waals surface area contributed by atoms with Gasteiger partial charge in [-0.15, -0.1) is 10.2 Å². The number of rotatable bonds is 5. The molecule has 0 radical (unpaired) electrons. The Hall–Kier alpha value is -2.55. The molecule has 5 rings (SSSR count). The minimum absolute atomic E-state index is 0.115. The van der Waals surface area contributed by atoms with Crippen LogP contribution in [-0.2, 0) is 9.59 Å². The second-order valence-electron chi connectivity index (χ2n) is 9.64. The smallest absolute Gasteiger partial charge is 0.250 e. The molecular formula is C26H27Cl2N5O2S. The fourth-order valence-corrected chi connectivity index (χ4v) is 6.34. The van der Waals surface area contributed by atoms with Crippen LogP contribution < -0.4 is 10.2 Å². The zero-order valence-electron chi connectivity index (χ0n) is 20.1. The Morgan fingerprint density at radius 2 is 1.86 bits per heavy atom. The van der Waals surface area contributed by atoms with Crippen LogP contribution in [-0.4, -0.2) is 37.9 Å². The van der Waals surface area contributed by atoms with Crippen molar-refractivity contribution in [3.63, 3.8) is 0 Å². The molecule has 2 aromatic carbocycles. The van der Waals surface area contributed by atoms with Gasteiger partial charge in [0.25, 0.3) is 0 Å². The highest BCUT2D eigenvalue weighted by atomic mass is 35.5. The largest absolute Gasteiger partial charge is 0.322 e. The lowest BCUT2D eigenvalue weighted by Crippen LogP contribution is -2.59. The molecule has 1 aromatic heterocycles. The summed E-state index contributed by atoms with van der Waals surface area (Å²) < 4.78 is 2.13. The van der Waals surface area contributed by atoms with E-state index in [1.165, 1.54) is 18.2 Å². The Morgan fingerprint density at radius 3 is 2.61 bits per heavy atom. The molecule has 1 fully saturated rings. The predicted octanol–water partition coefficient (Wildman–Crippen LogP) is 6.61. The molecular weight excluding hydrogens is 517 g/mol. The molecule has 0 atom stereocenters. The van der Waals surface area contributed by atoms with Gasteiger partial charge in [-0.3, -0.25) is 19.1 Å². The van der Waals surface area contributed by atoms with Crippen molar-refractivity contribution < 1.29 is 9.59 Å². The third-order valence-corrected chi connectivity index (χ3v) is 8.33. The first-order valence-electron chi connectivity index (χ1n) is 12.0. The first-order chi connectivity index (χ1) is 17.3. The van der Waals surface area contributed by atoms with Crippen LogP contribution >= 0.6 is 35.0 Å². The van der Waals surface area contributed by atoms with E-state index in [1.807, 2.05) is 24.3 Å². The maximum Gasteiger partial charge on any atom is 0.250 e. The van der Waals surface area contributed by atoms with E-state index in [9.17, 15) is 9.59 Å². The molecule has 0 bridgehead atoms. The van der Waals surface area contributed by atoms with Crippen molar-refractivity contribution in [2.75, 3.05) is 16.0 Å². The number of thioether (sulfide) groups is 1. The van der Waals surface area contributed by atoms with Crippen molar-refractivity contribution in [2.24, 2.45) is 0 Å². The number of para-hydroxylation sites is 2. The molecule has 2 heterocycles. The van der Waals surface area contributed by atoms with Gasteiger partial charge in [-0.1, -0.05) is 66.4 Å². The highest BCUT2D eigenvalue weighted by Crippen LogP contribution is 2.40. The van der Waals surface area contributed by atoms with Crippen LogP contribution in [0.1, 0.15) is 52.0 Å². The summed E-state index contributed by atoms with van der Waals surface area (Å²) in [5.41, 5.74) is 1.06. The number of carbonyl (C=O) groups excluding carboxylic acids is 2. The Kier molecular flexibility index (Phi) is 7.03. The number of carbonyl (C=O) groups is 2. The lowest BCUT2D eigenvalue weighted by atomic mass is 9.95. The van der Waals surface area contributed by atoms with Crippen LogP contribution in [0.3, 0.4) is 0 Å². The van der Waals surface area contributed by atoms with Crippen LogP contribution in [0.25, 0.3) is 11.4 Å². The average molecular weight is 545 g/mol. The van der Waals surface area contributed by atoms with Gasteiger partial charge in [0.05, 0.1) is 22.2 Å². The van der Waals surface area contributed by atoms with Gasteiger partial charge in [-0.2, -0.15) is 0 Å². The number of amides is 2. The molecule has 2 aliphatic rings. The molecule has 2 amide bonds. The summed E-state index contributed by atoms with van der Waals surface area (Å²) in [6.45, 7) is 3.51. The summed E-state index contributed by atoms with van der Waals surface area (Å²) in [5, 5.41) is 13.6. The van der Waals surface area contributed by atoms with E-state index in [0.29, 0.717) is 32.4 Å². The van der Waals surface area contributed by atoms with Crippen molar-refractivity contribution in [3.05, 3.63) is 52.5 Å². The molecule has 1 N–H and O–H groups in total. The first-order valence-corrected chi connectivity index (χ1v) is 13.8. The van der Waals surface area contributed by atoms with Gasteiger partial charge in [0.1, 0.15) is 5.54 Å². The van der Waals surface area contributed by atoms with E-state index >= 15 is 0 Å². The summed E-state index contributed by atoms with van der Waals surface area (Å²) in [6, 6.07) is 12.9. The summed E-state index contributed by atoms with van der Waals surface area (Å²) in [7, 11) is 0. The molecule has 7 nitrogen and oxygen atoms in total. The van der Waals surface area contributed by atoms with Crippen LogP contribution in [0.2, 0.25) is 10.0 Å². The lowest BCUT2D eigenvalue weighted by Gasteiger charge is -2.42. The van der Waals surface area contributed by atoms with Crippen molar-refractivity contribution in [2.45, 2.75) is 62.7 Å². The van der Waals surface area contributed by atoms with Crippen molar-refractivity contribution >= 4 is 58.2 Å². The standard InChI is InChI=1S/C26H27Cl2N5O2S/c1-26(2)24(35)29-20-10-6-7-11-21(20)33(26)22(34)15-36-25-31-30-23(18-13-12-16(27)14-19(18)28)32(25)17-8-4-3-5-9-17/h6-7,10-14,17H,3-5,8-9,15H2,1-2H3,(H,29,35). The zero-order chi connectivity index (χ0) is 25.4. The molecule has 1 aliphatic heterocycles. The number of hydrogen-bond donors (Lipinski definition) is 1. The Morgan fingerprint density at radius 1 is 1.11 bits per heavy atom. The Bertz CT molecular complexity index is 1320. The SMILES string of the molecule is CC1(C)C(=O)Nc2ccccc2N1C(=O)CSc1nnc(-c2ccc(Cl)cc2Cl)n1C1CCCCC1. The molecule has 3 aromatic rings. The van der Waals surface area contributed by atoms with E-state index in [-0.39, 0.29) is 23.6 Å². The third kappa shape index (κ3) is 4.62. The fourth-order valence-electron chi connectivity index (χ4n) is 4.99. The minimum Gasteiger partial charge on any atom is -0.322 e. The number of aromatic nitrogens is 3. The van der Waals surface area contributed by atoms with Gasteiger partial charge in [0.15, 0.2) is 11.0 Å². The van der Waals surface area contributed by atoms with Crippen molar-refractivity contribution in [3.8, 4) is 11.4 Å².